The smallest absolute Gasteiger partial charge is 0.307 e. The van der Waals surface area contributed by atoms with Gasteiger partial charge in [0.1, 0.15) is 0 Å². The highest BCUT2D eigenvalue weighted by molar-refractivity contribution is 7.91. The first-order valence-corrected chi connectivity index (χ1v) is 11.1. The molecule has 7 heteroatoms. The van der Waals surface area contributed by atoms with Crippen LogP contribution in [-0.4, -0.2) is 32.7 Å². The summed E-state index contributed by atoms with van der Waals surface area (Å²) in [5.41, 5.74) is 3.57. The Labute approximate surface area is 172 Å². The number of ether oxygens (including phenoxy) is 1. The summed E-state index contributed by atoms with van der Waals surface area (Å²) >= 11 is 0. The molecule has 2 aromatic carbocycles. The van der Waals surface area contributed by atoms with E-state index in [2.05, 4.69) is 5.32 Å². The Bertz CT molecular complexity index is 979. The molecule has 0 radical (unpaired) electrons. The van der Waals surface area contributed by atoms with Crippen molar-refractivity contribution in [2.24, 2.45) is 0 Å². The maximum absolute atomic E-state index is 12.3. The molecule has 0 fully saturated rings. The second-order valence-electron chi connectivity index (χ2n) is 7.28. The fourth-order valence-corrected chi connectivity index (χ4v) is 4.04. The van der Waals surface area contributed by atoms with Gasteiger partial charge in [-0.2, -0.15) is 0 Å². The quantitative estimate of drug-likeness (QED) is 0.661. The summed E-state index contributed by atoms with van der Waals surface area (Å²) < 4.78 is 29.5. The van der Waals surface area contributed by atoms with E-state index >= 15 is 0 Å². The van der Waals surface area contributed by atoms with Gasteiger partial charge in [-0.1, -0.05) is 49.7 Å². The third kappa shape index (κ3) is 6.42. The van der Waals surface area contributed by atoms with E-state index in [-0.39, 0.29) is 23.0 Å². The molecule has 0 bridgehead atoms. The van der Waals surface area contributed by atoms with Gasteiger partial charge in [-0.25, -0.2) is 8.42 Å². The maximum Gasteiger partial charge on any atom is 0.307 e. The lowest BCUT2D eigenvalue weighted by Gasteiger charge is -2.16. The van der Waals surface area contributed by atoms with Gasteiger partial charge in [-0.15, -0.1) is 0 Å². The third-order valence-electron chi connectivity index (χ3n) is 4.51. The van der Waals surface area contributed by atoms with E-state index in [0.717, 1.165) is 16.7 Å². The van der Waals surface area contributed by atoms with Crippen molar-refractivity contribution in [3.05, 3.63) is 59.2 Å². The van der Waals surface area contributed by atoms with E-state index in [1.165, 1.54) is 12.1 Å². The number of benzene rings is 2. The number of nitrogens with one attached hydrogen (secondary N) is 1. The van der Waals surface area contributed by atoms with Crippen molar-refractivity contribution < 1.29 is 22.7 Å². The highest BCUT2D eigenvalue weighted by atomic mass is 32.2. The van der Waals surface area contributed by atoms with Crippen molar-refractivity contribution in [1.29, 1.82) is 0 Å². The van der Waals surface area contributed by atoms with E-state index in [1.54, 1.807) is 12.1 Å². The van der Waals surface area contributed by atoms with Gasteiger partial charge in [0.15, 0.2) is 16.4 Å². The first kappa shape index (κ1) is 22.6. The van der Waals surface area contributed by atoms with Crippen LogP contribution >= 0.6 is 0 Å². The van der Waals surface area contributed by atoms with Crippen LogP contribution in [-0.2, 0) is 24.2 Å². The molecule has 0 spiro atoms. The predicted molar refractivity (Wildman–Crippen MR) is 113 cm³/mol. The summed E-state index contributed by atoms with van der Waals surface area (Å²) in [5.74, 6) is -1.34. The van der Waals surface area contributed by atoms with Crippen LogP contribution in [0.15, 0.2) is 47.4 Å². The minimum absolute atomic E-state index is 0.161. The van der Waals surface area contributed by atoms with Crippen molar-refractivity contribution in [2.75, 3.05) is 17.7 Å². The molecule has 6 nitrogen and oxygen atoms in total. The summed E-state index contributed by atoms with van der Waals surface area (Å²) in [4.78, 5) is 24.3. The van der Waals surface area contributed by atoms with Gasteiger partial charge in [-0.05, 0) is 43.0 Å². The largest absolute Gasteiger partial charge is 0.456 e. The molecule has 2 aromatic rings. The normalized spacial score (nSPS) is 11.3. The van der Waals surface area contributed by atoms with Crippen LogP contribution in [0.25, 0.3) is 0 Å². The van der Waals surface area contributed by atoms with Crippen LogP contribution in [0.2, 0.25) is 0 Å². The van der Waals surface area contributed by atoms with Crippen molar-refractivity contribution >= 4 is 27.4 Å². The number of rotatable bonds is 8. The summed E-state index contributed by atoms with van der Waals surface area (Å²) in [7, 11) is -3.58. The molecule has 0 aliphatic rings. The topological polar surface area (TPSA) is 89.5 Å². The highest BCUT2D eigenvalue weighted by Crippen LogP contribution is 2.27. The molecule has 0 heterocycles. The zero-order valence-electron chi connectivity index (χ0n) is 17.2. The van der Waals surface area contributed by atoms with Crippen LogP contribution in [0.1, 0.15) is 42.9 Å². The number of hydrogen-bond acceptors (Lipinski definition) is 5. The Morgan fingerprint density at radius 2 is 1.69 bits per heavy atom. The van der Waals surface area contributed by atoms with Gasteiger partial charge >= 0.3 is 5.97 Å². The molecule has 0 unspecified atom stereocenters. The average molecular weight is 418 g/mol. The average Bonchev–Trinajstić information content (AvgIpc) is 2.66. The molecule has 156 valence electrons. The first-order chi connectivity index (χ1) is 13.6. The first-order valence-electron chi connectivity index (χ1n) is 9.44. The molecule has 1 amide bonds. The second kappa shape index (κ2) is 9.69. The van der Waals surface area contributed by atoms with Crippen molar-refractivity contribution in [1.82, 2.24) is 0 Å². The fourth-order valence-electron chi connectivity index (χ4n) is 2.82. The minimum atomic E-state index is -3.58. The van der Waals surface area contributed by atoms with Gasteiger partial charge < -0.3 is 10.1 Å². The summed E-state index contributed by atoms with van der Waals surface area (Å²) in [5, 5.41) is 2.78. The molecule has 1 N–H and O–H groups in total. The Morgan fingerprint density at radius 3 is 2.31 bits per heavy atom. The molecule has 0 aliphatic heterocycles. The number of aryl methyl sites for hydroxylation is 2. The second-order valence-corrected chi connectivity index (χ2v) is 9.39. The summed E-state index contributed by atoms with van der Waals surface area (Å²) in [6.45, 7) is 7.34. The van der Waals surface area contributed by atoms with Crippen LogP contribution in [0.4, 0.5) is 5.69 Å². The lowest BCUT2D eigenvalue weighted by molar-refractivity contribution is -0.146. The van der Waals surface area contributed by atoms with E-state index < -0.39 is 28.3 Å². The van der Waals surface area contributed by atoms with E-state index in [0.29, 0.717) is 5.69 Å². The van der Waals surface area contributed by atoms with Gasteiger partial charge in [0.2, 0.25) is 0 Å². The lowest BCUT2D eigenvalue weighted by atomic mass is 9.98. The van der Waals surface area contributed by atoms with Gasteiger partial charge in [0.05, 0.1) is 17.1 Å². The number of amides is 1. The lowest BCUT2D eigenvalue weighted by Crippen LogP contribution is -2.23. The fraction of sp³-hybridized carbons (Fsp3) is 0.364. The SMILES string of the molecule is Cc1ccc(S(=O)(=O)CCC(=O)OCC(=O)Nc2c(C)cccc2C(C)C)cc1. The van der Waals surface area contributed by atoms with Gasteiger partial charge in [0.25, 0.3) is 5.91 Å². The van der Waals surface area contributed by atoms with Crippen LogP contribution in [0, 0.1) is 13.8 Å². The van der Waals surface area contributed by atoms with E-state index in [9.17, 15) is 18.0 Å². The zero-order chi connectivity index (χ0) is 21.6. The molecular weight excluding hydrogens is 390 g/mol. The van der Waals surface area contributed by atoms with Crippen molar-refractivity contribution in [3.8, 4) is 0 Å². The van der Waals surface area contributed by atoms with Crippen molar-refractivity contribution in [3.63, 3.8) is 0 Å². The van der Waals surface area contributed by atoms with Gasteiger partial charge in [0, 0.05) is 5.69 Å². The van der Waals surface area contributed by atoms with Crippen LogP contribution in [0.5, 0.6) is 0 Å². The number of para-hydroxylation sites is 1. The van der Waals surface area contributed by atoms with Gasteiger partial charge in [-0.3, -0.25) is 9.59 Å². The predicted octanol–water partition coefficient (Wildman–Crippen LogP) is 3.77. The Kier molecular flexibility index (Phi) is 7.56. The monoisotopic (exact) mass is 417 g/mol. The molecule has 2 rings (SSSR count). The van der Waals surface area contributed by atoms with Crippen molar-refractivity contribution in [2.45, 2.75) is 44.9 Å². The number of anilines is 1. The molecular formula is C22H27NO5S. The van der Waals surface area contributed by atoms with E-state index in [4.69, 9.17) is 4.74 Å². The summed E-state index contributed by atoms with van der Waals surface area (Å²) in [6, 6.07) is 12.2. The molecule has 0 saturated heterocycles. The van der Waals surface area contributed by atoms with E-state index in [1.807, 2.05) is 45.9 Å². The summed E-state index contributed by atoms with van der Waals surface area (Å²) in [6.07, 6.45) is -0.314. The molecule has 0 saturated carbocycles. The highest BCUT2D eigenvalue weighted by Gasteiger charge is 2.18. The Morgan fingerprint density at radius 1 is 1.03 bits per heavy atom. The Balaban J connectivity index is 1.88. The third-order valence-corrected chi connectivity index (χ3v) is 6.24. The molecule has 29 heavy (non-hydrogen) atoms. The number of carbonyl (C=O) groups is 2. The number of carbonyl (C=O) groups excluding carboxylic acids is 2. The zero-order valence-corrected chi connectivity index (χ0v) is 18.0. The number of hydrogen-bond donors (Lipinski definition) is 1. The molecule has 0 atom stereocenters. The molecule has 0 aromatic heterocycles. The number of sulfone groups is 1. The minimum Gasteiger partial charge on any atom is -0.456 e. The number of esters is 1. The van der Waals surface area contributed by atoms with Crippen LogP contribution in [0.3, 0.4) is 0 Å². The molecule has 0 aliphatic carbocycles. The Hall–Kier alpha value is -2.67. The van der Waals surface area contributed by atoms with Crippen LogP contribution < -0.4 is 5.32 Å². The standard InChI is InChI=1S/C22H27NO5S/c1-15(2)19-7-5-6-17(4)22(19)23-20(24)14-28-21(25)12-13-29(26,27)18-10-8-16(3)9-11-18/h5-11,15H,12-14H2,1-4H3,(H,23,24). The maximum atomic E-state index is 12.3.